The average Bonchev–Trinajstić information content (AvgIpc) is 3.28. The van der Waals surface area contributed by atoms with Crippen molar-refractivity contribution in [1.82, 2.24) is 24.2 Å². The molecular weight excluding hydrogens is 330 g/mol. The molecule has 1 aliphatic rings. The molecular formula is C19H21N5O2. The maximum atomic E-state index is 12.9. The number of amides is 1. The molecule has 26 heavy (non-hydrogen) atoms. The third kappa shape index (κ3) is 3.13. The number of carbonyl (C=O) groups is 1. The highest BCUT2D eigenvalue weighted by molar-refractivity contribution is 5.94. The molecule has 0 spiro atoms. The Bertz CT molecular complexity index is 897. The van der Waals surface area contributed by atoms with Gasteiger partial charge in [-0.2, -0.15) is 5.10 Å². The van der Waals surface area contributed by atoms with Gasteiger partial charge in [0.05, 0.1) is 30.4 Å². The summed E-state index contributed by atoms with van der Waals surface area (Å²) < 4.78 is 3.80. The fourth-order valence-electron chi connectivity index (χ4n) is 3.23. The number of aliphatic hydroxyl groups excluding tert-OH is 1. The number of hydrogen-bond donors (Lipinski definition) is 1. The van der Waals surface area contributed by atoms with Gasteiger partial charge in [0.1, 0.15) is 0 Å². The second-order valence-electron chi connectivity index (χ2n) is 6.56. The lowest BCUT2D eigenvalue weighted by molar-refractivity contribution is 0.0746. The van der Waals surface area contributed by atoms with Crippen LogP contribution in [0.5, 0.6) is 0 Å². The first kappa shape index (κ1) is 16.5. The molecule has 3 heterocycles. The van der Waals surface area contributed by atoms with Gasteiger partial charge in [-0.1, -0.05) is 0 Å². The molecule has 1 unspecified atom stereocenters. The predicted molar refractivity (Wildman–Crippen MR) is 95.8 cm³/mol. The van der Waals surface area contributed by atoms with Gasteiger partial charge >= 0.3 is 0 Å². The van der Waals surface area contributed by atoms with E-state index in [4.69, 9.17) is 0 Å². The molecule has 134 valence electrons. The fourth-order valence-corrected chi connectivity index (χ4v) is 3.23. The zero-order chi connectivity index (χ0) is 18.1. The molecule has 0 radical (unpaired) electrons. The number of fused-ring (bicyclic) bond motifs is 1. The highest BCUT2D eigenvalue weighted by atomic mass is 16.3. The molecule has 3 aromatic rings. The Balaban J connectivity index is 1.53. The number of rotatable bonds is 3. The number of hydrogen-bond acceptors (Lipinski definition) is 4. The van der Waals surface area contributed by atoms with Crippen LogP contribution in [0.1, 0.15) is 41.2 Å². The van der Waals surface area contributed by atoms with Gasteiger partial charge in [0, 0.05) is 36.7 Å². The minimum absolute atomic E-state index is 0.00966. The molecule has 1 atom stereocenters. The van der Waals surface area contributed by atoms with Crippen molar-refractivity contribution in [1.29, 1.82) is 0 Å². The van der Waals surface area contributed by atoms with Crippen LogP contribution in [0.3, 0.4) is 0 Å². The van der Waals surface area contributed by atoms with Gasteiger partial charge in [-0.25, -0.2) is 4.98 Å². The van der Waals surface area contributed by atoms with Crippen molar-refractivity contribution in [2.24, 2.45) is 0 Å². The normalized spacial score (nSPS) is 15.4. The summed E-state index contributed by atoms with van der Waals surface area (Å²) in [6.07, 6.45) is 5.56. The van der Waals surface area contributed by atoms with E-state index in [9.17, 15) is 9.90 Å². The summed E-state index contributed by atoms with van der Waals surface area (Å²) in [6, 6.07) is 9.42. The number of carbonyl (C=O) groups excluding carboxylic acids is 1. The van der Waals surface area contributed by atoms with Crippen molar-refractivity contribution in [3.05, 3.63) is 66.0 Å². The first-order valence-electron chi connectivity index (χ1n) is 8.74. The van der Waals surface area contributed by atoms with E-state index in [2.05, 4.69) is 10.1 Å². The largest absolute Gasteiger partial charge is 0.387 e. The van der Waals surface area contributed by atoms with E-state index in [1.165, 1.54) is 0 Å². The molecule has 7 nitrogen and oxygen atoms in total. The zero-order valence-electron chi connectivity index (χ0n) is 14.6. The number of nitrogens with zero attached hydrogens (tertiary/aromatic N) is 5. The minimum atomic E-state index is -0.603. The number of aliphatic hydroxyl groups is 1. The molecule has 4 rings (SSSR count). The van der Waals surface area contributed by atoms with Gasteiger partial charge in [-0.3, -0.25) is 9.48 Å². The summed E-state index contributed by atoms with van der Waals surface area (Å²) in [4.78, 5) is 18.8. The maximum absolute atomic E-state index is 12.9. The summed E-state index contributed by atoms with van der Waals surface area (Å²) >= 11 is 0. The summed E-state index contributed by atoms with van der Waals surface area (Å²) in [5, 5.41) is 14.2. The summed E-state index contributed by atoms with van der Waals surface area (Å²) in [5.41, 5.74) is 3.24. The quantitative estimate of drug-likeness (QED) is 0.785. The highest BCUT2D eigenvalue weighted by Crippen LogP contribution is 2.20. The van der Waals surface area contributed by atoms with Crippen LogP contribution in [0, 0.1) is 0 Å². The lowest BCUT2D eigenvalue weighted by Crippen LogP contribution is -2.30. The smallest absolute Gasteiger partial charge is 0.254 e. The van der Waals surface area contributed by atoms with E-state index in [0.29, 0.717) is 24.3 Å². The number of aromatic nitrogens is 4. The van der Waals surface area contributed by atoms with Crippen LogP contribution in [0.25, 0.3) is 5.69 Å². The molecule has 0 saturated heterocycles. The molecule has 0 fully saturated rings. The molecule has 2 aromatic heterocycles. The van der Waals surface area contributed by atoms with Crippen molar-refractivity contribution >= 4 is 5.91 Å². The van der Waals surface area contributed by atoms with Crippen LogP contribution >= 0.6 is 0 Å². The fraction of sp³-hybridized carbons (Fsp3) is 0.316. The molecule has 1 N–H and O–H groups in total. The van der Waals surface area contributed by atoms with Crippen molar-refractivity contribution < 1.29 is 9.90 Å². The van der Waals surface area contributed by atoms with Gasteiger partial charge in [0.25, 0.3) is 5.91 Å². The SMILES string of the molecule is CC(O)c1cc2n(n1)CCCN(C(=O)c1ccc(-n3ccnc3)cc1)C2. The van der Waals surface area contributed by atoms with Crippen molar-refractivity contribution in [3.8, 4) is 5.69 Å². The highest BCUT2D eigenvalue weighted by Gasteiger charge is 2.22. The van der Waals surface area contributed by atoms with Crippen molar-refractivity contribution in [2.75, 3.05) is 6.54 Å². The van der Waals surface area contributed by atoms with E-state index in [1.807, 2.05) is 50.7 Å². The zero-order valence-corrected chi connectivity index (χ0v) is 14.6. The first-order chi connectivity index (χ1) is 12.6. The molecule has 0 bridgehead atoms. The molecule has 1 aliphatic heterocycles. The molecule has 1 aromatic carbocycles. The van der Waals surface area contributed by atoms with Crippen molar-refractivity contribution in [3.63, 3.8) is 0 Å². The van der Waals surface area contributed by atoms with Crippen LogP contribution in [0.2, 0.25) is 0 Å². The Morgan fingerprint density at radius 1 is 1.23 bits per heavy atom. The minimum Gasteiger partial charge on any atom is -0.387 e. The lowest BCUT2D eigenvalue weighted by atomic mass is 10.1. The first-order valence-corrected chi connectivity index (χ1v) is 8.74. The monoisotopic (exact) mass is 351 g/mol. The van der Waals surface area contributed by atoms with E-state index in [0.717, 1.165) is 24.3 Å². The third-order valence-electron chi connectivity index (χ3n) is 4.67. The maximum Gasteiger partial charge on any atom is 0.254 e. The van der Waals surface area contributed by atoms with Crippen molar-refractivity contribution in [2.45, 2.75) is 32.5 Å². The summed E-state index contributed by atoms with van der Waals surface area (Å²) in [6.45, 7) is 3.65. The Kier molecular flexibility index (Phi) is 4.30. The topological polar surface area (TPSA) is 76.2 Å². The van der Waals surface area contributed by atoms with Crippen LogP contribution < -0.4 is 0 Å². The van der Waals surface area contributed by atoms with Gasteiger partial charge in [0.2, 0.25) is 0 Å². The van der Waals surface area contributed by atoms with E-state index >= 15 is 0 Å². The molecule has 7 heteroatoms. The molecule has 1 amide bonds. The van der Waals surface area contributed by atoms with E-state index in [-0.39, 0.29) is 5.91 Å². The number of aryl methyl sites for hydroxylation is 1. The summed E-state index contributed by atoms with van der Waals surface area (Å²) in [5.74, 6) is 0.00966. The van der Waals surface area contributed by atoms with Gasteiger partial charge in [0.15, 0.2) is 0 Å². The van der Waals surface area contributed by atoms with Gasteiger partial charge < -0.3 is 14.6 Å². The van der Waals surface area contributed by atoms with Crippen LogP contribution in [-0.4, -0.2) is 41.8 Å². The second kappa shape index (κ2) is 6.76. The van der Waals surface area contributed by atoms with Gasteiger partial charge in [-0.05, 0) is 43.7 Å². The van der Waals surface area contributed by atoms with Crippen LogP contribution in [-0.2, 0) is 13.1 Å². The summed E-state index contributed by atoms with van der Waals surface area (Å²) in [7, 11) is 0. The van der Waals surface area contributed by atoms with E-state index in [1.54, 1.807) is 19.4 Å². The molecule has 0 saturated carbocycles. The van der Waals surface area contributed by atoms with Gasteiger partial charge in [-0.15, -0.1) is 0 Å². The standard InChI is InChI=1S/C19H21N5O2/c1-14(25)18-11-17-12-22(8-2-9-24(17)21-18)19(26)15-3-5-16(6-4-15)23-10-7-20-13-23/h3-7,10-11,13-14,25H,2,8-9,12H2,1H3. The van der Waals surface area contributed by atoms with E-state index < -0.39 is 6.10 Å². The predicted octanol–water partition coefficient (Wildman–Crippen LogP) is 2.17. The average molecular weight is 351 g/mol. The third-order valence-corrected chi connectivity index (χ3v) is 4.67. The Morgan fingerprint density at radius 3 is 2.73 bits per heavy atom. The Hall–Kier alpha value is -2.93. The van der Waals surface area contributed by atoms with Crippen LogP contribution in [0.15, 0.2) is 49.1 Å². The second-order valence-corrected chi connectivity index (χ2v) is 6.56. The van der Waals surface area contributed by atoms with Crippen LogP contribution in [0.4, 0.5) is 0 Å². The number of benzene rings is 1. The lowest BCUT2D eigenvalue weighted by Gasteiger charge is -2.20. The number of imidazole rings is 1. The Labute approximate surface area is 151 Å². The molecule has 0 aliphatic carbocycles. The Morgan fingerprint density at radius 2 is 2.04 bits per heavy atom.